The summed E-state index contributed by atoms with van der Waals surface area (Å²) in [5, 5.41) is 3.86. The van der Waals surface area contributed by atoms with Crippen LogP contribution < -0.4 is 5.32 Å². The third-order valence-corrected chi connectivity index (χ3v) is 6.61. The van der Waals surface area contributed by atoms with E-state index in [0.29, 0.717) is 36.1 Å². The molecule has 1 fully saturated rings. The number of carbonyl (C=O) groups excluding carboxylic acids is 1. The number of carbonyl (C=O) groups is 1. The number of hydrogen-bond acceptors (Lipinski definition) is 4. The number of aromatic nitrogens is 1. The van der Waals surface area contributed by atoms with Crippen LogP contribution in [0.3, 0.4) is 0 Å². The normalized spacial score (nSPS) is 19.2. The summed E-state index contributed by atoms with van der Waals surface area (Å²) in [6, 6.07) is 10.3. The van der Waals surface area contributed by atoms with Crippen LogP contribution in [0.5, 0.6) is 0 Å². The quantitative estimate of drug-likeness (QED) is 0.484. The number of likely N-dealkylation sites (tertiary alicyclic amines) is 1. The lowest BCUT2D eigenvalue weighted by atomic mass is 9.91. The van der Waals surface area contributed by atoms with Gasteiger partial charge in [-0.1, -0.05) is 24.3 Å². The molecular weight excluding hydrogens is 457 g/mol. The maximum Gasteiger partial charge on any atom is 0.319 e. The molecule has 0 radical (unpaired) electrons. The molecule has 1 saturated heterocycles. The zero-order chi connectivity index (χ0) is 26.2. The molecule has 9 heteroatoms. The summed E-state index contributed by atoms with van der Waals surface area (Å²) in [4.78, 5) is 20.1. The average molecular weight is 488 g/mol. The highest BCUT2D eigenvalue weighted by Crippen LogP contribution is 2.38. The molecule has 6 nitrogen and oxygen atoms in total. The van der Waals surface area contributed by atoms with Gasteiger partial charge < -0.3 is 19.9 Å². The molecule has 4 rings (SSSR count). The van der Waals surface area contributed by atoms with Crippen molar-refractivity contribution in [2.45, 2.75) is 31.4 Å². The summed E-state index contributed by atoms with van der Waals surface area (Å²) in [7, 11) is 5.02. The Morgan fingerprint density at radius 2 is 2.00 bits per heavy atom. The van der Waals surface area contributed by atoms with Crippen molar-refractivity contribution in [2.24, 2.45) is 0 Å². The summed E-state index contributed by atoms with van der Waals surface area (Å²) >= 11 is 0. The monoisotopic (exact) mass is 487 g/mol. The fourth-order valence-electron chi connectivity index (χ4n) is 4.63. The van der Waals surface area contributed by atoms with E-state index in [1.165, 1.54) is 23.1 Å². The number of nitrogens with zero attached hydrogens (tertiary/aromatic N) is 3. The van der Waals surface area contributed by atoms with E-state index in [1.807, 2.05) is 12.1 Å². The van der Waals surface area contributed by atoms with E-state index in [0.717, 1.165) is 11.6 Å². The summed E-state index contributed by atoms with van der Waals surface area (Å²) in [6.45, 7) is 2.58. The number of hydrogen-bond donors (Lipinski definition) is 1. The molecule has 35 heavy (non-hydrogen) atoms. The van der Waals surface area contributed by atoms with Crippen molar-refractivity contribution >= 4 is 22.6 Å². The Hall–Kier alpha value is -3.33. The van der Waals surface area contributed by atoms with Crippen molar-refractivity contribution in [3.8, 4) is 0 Å². The SMILES string of the molecule is [2H]c1cc(N[C@H](C)c2cccc(C(F)F)c2F)c2cc([C@@]3(OC)CCN(C(=O)N(C)C)C3)ccc2n1. The van der Waals surface area contributed by atoms with Gasteiger partial charge in [0.05, 0.1) is 25.0 Å². The molecule has 3 aromatic rings. The number of anilines is 1. The number of halogens is 3. The lowest BCUT2D eigenvalue weighted by molar-refractivity contribution is -0.00377. The Labute approximate surface area is 204 Å². The van der Waals surface area contributed by atoms with Crippen molar-refractivity contribution in [1.29, 1.82) is 0 Å². The molecule has 0 spiro atoms. The van der Waals surface area contributed by atoms with E-state index >= 15 is 0 Å². The topological polar surface area (TPSA) is 57.7 Å². The number of amides is 2. The smallest absolute Gasteiger partial charge is 0.319 e. The number of rotatable bonds is 6. The van der Waals surface area contributed by atoms with Crippen LogP contribution in [0.4, 0.5) is 23.7 Å². The summed E-state index contributed by atoms with van der Waals surface area (Å²) in [5.41, 5.74) is 0.638. The van der Waals surface area contributed by atoms with Crippen LogP contribution in [0, 0.1) is 5.82 Å². The molecule has 1 N–H and O–H groups in total. The highest BCUT2D eigenvalue weighted by atomic mass is 19.3. The summed E-state index contributed by atoms with van der Waals surface area (Å²) < 4.78 is 55.3. The van der Waals surface area contributed by atoms with Crippen molar-refractivity contribution in [3.63, 3.8) is 0 Å². The van der Waals surface area contributed by atoms with Crippen LogP contribution in [0.25, 0.3) is 10.9 Å². The molecule has 1 aromatic heterocycles. The minimum Gasteiger partial charge on any atom is -0.378 e. The first-order valence-corrected chi connectivity index (χ1v) is 11.3. The minimum absolute atomic E-state index is 0.0110. The van der Waals surface area contributed by atoms with Crippen LogP contribution in [-0.4, -0.2) is 55.1 Å². The Kier molecular flexibility index (Phi) is 6.51. The first-order chi connectivity index (χ1) is 17.1. The molecule has 2 heterocycles. The van der Waals surface area contributed by atoms with E-state index in [1.54, 1.807) is 39.1 Å². The fraction of sp³-hybridized carbons (Fsp3) is 0.385. The second-order valence-corrected chi connectivity index (χ2v) is 8.99. The minimum atomic E-state index is -2.92. The fourth-order valence-corrected chi connectivity index (χ4v) is 4.63. The second kappa shape index (κ2) is 9.73. The molecule has 0 aliphatic carbocycles. The van der Waals surface area contributed by atoms with Gasteiger partial charge in [-0.05, 0) is 30.7 Å². The number of nitrogens with one attached hydrogen (secondary N) is 1. The van der Waals surface area contributed by atoms with Crippen molar-refractivity contribution < 1.29 is 24.1 Å². The van der Waals surface area contributed by atoms with E-state index < -0.39 is 29.4 Å². The third-order valence-electron chi connectivity index (χ3n) is 6.61. The molecular formula is C26H29F3N4O2. The zero-order valence-corrected chi connectivity index (χ0v) is 20.1. The van der Waals surface area contributed by atoms with Gasteiger partial charge in [0.1, 0.15) is 11.4 Å². The average Bonchev–Trinajstić information content (AvgIpc) is 3.29. The van der Waals surface area contributed by atoms with Crippen LogP contribution in [-0.2, 0) is 10.3 Å². The molecule has 1 aliphatic rings. The van der Waals surface area contributed by atoms with Gasteiger partial charge in [0.15, 0.2) is 0 Å². The van der Waals surface area contributed by atoms with E-state index in [9.17, 15) is 18.0 Å². The predicted molar refractivity (Wildman–Crippen MR) is 129 cm³/mol. The van der Waals surface area contributed by atoms with E-state index in [-0.39, 0.29) is 17.8 Å². The number of ether oxygens (including phenoxy) is 1. The Balaban J connectivity index is 1.72. The number of pyridine rings is 1. The number of methoxy groups -OCH3 is 1. The van der Waals surface area contributed by atoms with Gasteiger partial charge in [-0.25, -0.2) is 18.0 Å². The lowest BCUT2D eigenvalue weighted by Crippen LogP contribution is -2.40. The lowest BCUT2D eigenvalue weighted by Gasteiger charge is -2.30. The van der Waals surface area contributed by atoms with Gasteiger partial charge in [0, 0.05) is 57.0 Å². The van der Waals surface area contributed by atoms with E-state index in [2.05, 4.69) is 10.3 Å². The number of urea groups is 1. The predicted octanol–water partition coefficient (Wildman–Crippen LogP) is 5.71. The van der Waals surface area contributed by atoms with Gasteiger partial charge >= 0.3 is 6.03 Å². The first kappa shape index (κ1) is 23.4. The standard InChI is InChI=1S/C26H29F3N4O2/c1-16(18-6-5-7-19(23(18)27)24(28)29)31-22-10-12-30-21-9-8-17(14-20(21)22)26(35-4)11-13-33(15-26)25(34)32(2)3/h5-10,12,14,16,24H,11,13,15H2,1-4H3,(H,30,31)/t16-,26-/m1/s1/i12D. The van der Waals surface area contributed by atoms with Gasteiger partial charge in [-0.3, -0.25) is 4.98 Å². The number of alkyl halides is 2. The highest BCUT2D eigenvalue weighted by molar-refractivity contribution is 5.92. The second-order valence-electron chi connectivity index (χ2n) is 8.99. The largest absolute Gasteiger partial charge is 0.378 e. The number of benzene rings is 2. The van der Waals surface area contributed by atoms with Gasteiger partial charge in [-0.15, -0.1) is 0 Å². The molecule has 2 amide bonds. The third kappa shape index (κ3) is 4.65. The van der Waals surface area contributed by atoms with Crippen LogP contribution in [0.15, 0.2) is 48.6 Å². The molecule has 0 unspecified atom stereocenters. The Morgan fingerprint density at radius 3 is 2.69 bits per heavy atom. The van der Waals surface area contributed by atoms with Crippen molar-refractivity contribution in [1.82, 2.24) is 14.8 Å². The van der Waals surface area contributed by atoms with Gasteiger partial charge in [-0.2, -0.15) is 0 Å². The molecule has 2 atom stereocenters. The van der Waals surface area contributed by atoms with E-state index in [4.69, 9.17) is 6.11 Å². The van der Waals surface area contributed by atoms with Gasteiger partial charge in [0.25, 0.3) is 6.43 Å². The molecule has 0 saturated carbocycles. The molecule has 1 aliphatic heterocycles. The van der Waals surface area contributed by atoms with Crippen LogP contribution >= 0.6 is 0 Å². The molecule has 186 valence electrons. The zero-order valence-electron chi connectivity index (χ0n) is 21.1. The maximum absolute atomic E-state index is 14.8. The van der Waals surface area contributed by atoms with Gasteiger partial charge in [0.2, 0.25) is 0 Å². The first-order valence-electron chi connectivity index (χ1n) is 11.8. The van der Waals surface area contributed by atoms with Crippen LogP contribution in [0.2, 0.25) is 0 Å². The highest BCUT2D eigenvalue weighted by Gasteiger charge is 2.42. The van der Waals surface area contributed by atoms with Crippen molar-refractivity contribution in [2.75, 3.05) is 39.6 Å². The number of fused-ring (bicyclic) bond motifs is 1. The Morgan fingerprint density at radius 1 is 1.26 bits per heavy atom. The molecule has 2 aromatic carbocycles. The van der Waals surface area contributed by atoms with Crippen LogP contribution in [0.1, 0.15) is 43.9 Å². The summed E-state index contributed by atoms with van der Waals surface area (Å²) in [5.74, 6) is -0.951. The summed E-state index contributed by atoms with van der Waals surface area (Å²) in [6.07, 6.45) is -2.31. The molecule has 0 bridgehead atoms. The maximum atomic E-state index is 14.8. The Bertz CT molecular complexity index is 1290. The van der Waals surface area contributed by atoms with Crippen molar-refractivity contribution in [3.05, 3.63) is 71.1 Å².